The quantitative estimate of drug-likeness (QED) is 0.849. The van der Waals surface area contributed by atoms with Crippen molar-refractivity contribution in [2.45, 2.75) is 13.0 Å². The molecule has 0 aliphatic carbocycles. The third-order valence-corrected chi connectivity index (χ3v) is 5.23. The summed E-state index contributed by atoms with van der Waals surface area (Å²) in [6.07, 6.45) is 0.468. The SMILES string of the molecule is O=C1C[C@@]2(COCCN(Cc3ccccc3)C2)CN1c1ccc(F)cc1. The van der Waals surface area contributed by atoms with Gasteiger partial charge in [0.1, 0.15) is 5.82 Å². The second-order valence-electron chi connectivity index (χ2n) is 7.38. The van der Waals surface area contributed by atoms with Crippen molar-refractivity contribution in [2.24, 2.45) is 5.41 Å². The van der Waals surface area contributed by atoms with E-state index < -0.39 is 0 Å². The molecule has 2 fully saturated rings. The molecule has 2 aliphatic rings. The van der Waals surface area contributed by atoms with Gasteiger partial charge in [0.15, 0.2) is 0 Å². The van der Waals surface area contributed by atoms with Crippen LogP contribution in [0, 0.1) is 11.2 Å². The summed E-state index contributed by atoms with van der Waals surface area (Å²) in [6, 6.07) is 16.5. The third-order valence-electron chi connectivity index (χ3n) is 5.23. The van der Waals surface area contributed by atoms with E-state index in [1.807, 2.05) is 6.07 Å². The topological polar surface area (TPSA) is 32.8 Å². The molecule has 0 radical (unpaired) electrons. The van der Waals surface area contributed by atoms with Crippen molar-refractivity contribution in [2.75, 3.05) is 37.7 Å². The fraction of sp³-hybridized carbons (Fsp3) is 0.381. The molecular formula is C21H23FN2O2. The Labute approximate surface area is 153 Å². The molecule has 4 rings (SSSR count). The molecule has 4 nitrogen and oxygen atoms in total. The van der Waals surface area contributed by atoms with Gasteiger partial charge in [-0.15, -0.1) is 0 Å². The number of carbonyl (C=O) groups is 1. The molecule has 0 bridgehead atoms. The van der Waals surface area contributed by atoms with Gasteiger partial charge in [-0.1, -0.05) is 30.3 Å². The van der Waals surface area contributed by atoms with Gasteiger partial charge in [-0.05, 0) is 29.8 Å². The smallest absolute Gasteiger partial charge is 0.227 e. The van der Waals surface area contributed by atoms with E-state index in [1.54, 1.807) is 17.0 Å². The number of hydrogen-bond donors (Lipinski definition) is 0. The average Bonchev–Trinajstić information content (AvgIpc) is 2.83. The summed E-state index contributed by atoms with van der Waals surface area (Å²) in [4.78, 5) is 16.8. The van der Waals surface area contributed by atoms with Crippen LogP contribution < -0.4 is 4.90 Å². The molecule has 1 spiro atoms. The van der Waals surface area contributed by atoms with Crippen LogP contribution in [0.1, 0.15) is 12.0 Å². The number of rotatable bonds is 3. The molecule has 1 amide bonds. The van der Waals surface area contributed by atoms with Crippen LogP contribution in [0.3, 0.4) is 0 Å². The summed E-state index contributed by atoms with van der Waals surface area (Å²) in [5, 5.41) is 0. The van der Waals surface area contributed by atoms with Gasteiger partial charge in [-0.2, -0.15) is 0 Å². The van der Waals surface area contributed by atoms with E-state index >= 15 is 0 Å². The van der Waals surface area contributed by atoms with E-state index in [1.165, 1.54) is 17.7 Å². The van der Waals surface area contributed by atoms with Gasteiger partial charge in [0.2, 0.25) is 5.91 Å². The molecule has 2 aromatic carbocycles. The van der Waals surface area contributed by atoms with E-state index in [0.717, 1.165) is 25.3 Å². The number of amides is 1. The van der Waals surface area contributed by atoms with Crippen LogP contribution in [-0.4, -0.2) is 43.7 Å². The van der Waals surface area contributed by atoms with Crippen molar-refractivity contribution in [3.8, 4) is 0 Å². The van der Waals surface area contributed by atoms with Crippen LogP contribution in [0.5, 0.6) is 0 Å². The highest BCUT2D eigenvalue weighted by atomic mass is 19.1. The average molecular weight is 354 g/mol. The van der Waals surface area contributed by atoms with Crippen LogP contribution in [0.25, 0.3) is 0 Å². The Morgan fingerprint density at radius 1 is 1.04 bits per heavy atom. The largest absolute Gasteiger partial charge is 0.379 e. The first-order chi connectivity index (χ1) is 12.6. The second-order valence-corrected chi connectivity index (χ2v) is 7.38. The molecular weight excluding hydrogens is 331 g/mol. The summed E-state index contributed by atoms with van der Waals surface area (Å²) >= 11 is 0. The Hall–Kier alpha value is -2.24. The van der Waals surface area contributed by atoms with Gasteiger partial charge in [-0.25, -0.2) is 4.39 Å². The number of nitrogens with zero attached hydrogens (tertiary/aromatic N) is 2. The monoisotopic (exact) mass is 354 g/mol. The van der Waals surface area contributed by atoms with E-state index in [4.69, 9.17) is 4.74 Å². The Morgan fingerprint density at radius 3 is 2.58 bits per heavy atom. The van der Waals surface area contributed by atoms with Crippen LogP contribution >= 0.6 is 0 Å². The maximum absolute atomic E-state index is 13.2. The predicted octanol–water partition coefficient (Wildman–Crippen LogP) is 3.08. The molecule has 0 saturated carbocycles. The zero-order valence-electron chi connectivity index (χ0n) is 14.7. The number of carbonyl (C=O) groups excluding carboxylic acids is 1. The van der Waals surface area contributed by atoms with Gasteiger partial charge in [0.05, 0.1) is 13.2 Å². The first-order valence-corrected chi connectivity index (χ1v) is 9.04. The molecule has 2 saturated heterocycles. The van der Waals surface area contributed by atoms with E-state index in [2.05, 4.69) is 29.2 Å². The molecule has 5 heteroatoms. The number of benzene rings is 2. The summed E-state index contributed by atoms with van der Waals surface area (Å²) in [5.41, 5.74) is 1.81. The lowest BCUT2D eigenvalue weighted by Crippen LogP contribution is -2.40. The molecule has 2 aromatic rings. The van der Waals surface area contributed by atoms with E-state index in [-0.39, 0.29) is 17.1 Å². The summed E-state index contributed by atoms with van der Waals surface area (Å²) in [5.74, 6) is -0.205. The number of ether oxygens (including phenoxy) is 1. The fourth-order valence-corrected chi connectivity index (χ4v) is 4.01. The summed E-state index contributed by atoms with van der Waals surface area (Å²) in [6.45, 7) is 4.42. The van der Waals surface area contributed by atoms with Crippen LogP contribution in [-0.2, 0) is 16.1 Å². The first-order valence-electron chi connectivity index (χ1n) is 9.04. The fourth-order valence-electron chi connectivity index (χ4n) is 4.01. The van der Waals surface area contributed by atoms with Gasteiger partial charge in [0.25, 0.3) is 0 Å². The zero-order valence-corrected chi connectivity index (χ0v) is 14.7. The van der Waals surface area contributed by atoms with Crippen molar-refractivity contribution in [1.29, 1.82) is 0 Å². The molecule has 0 N–H and O–H groups in total. The summed E-state index contributed by atoms with van der Waals surface area (Å²) in [7, 11) is 0. The minimum absolute atomic E-state index is 0.0850. The lowest BCUT2D eigenvalue weighted by Gasteiger charge is -2.31. The maximum Gasteiger partial charge on any atom is 0.227 e. The van der Waals surface area contributed by atoms with Gasteiger partial charge in [-0.3, -0.25) is 9.69 Å². The normalized spacial score (nSPS) is 24.2. The lowest BCUT2D eigenvalue weighted by atomic mass is 9.87. The van der Waals surface area contributed by atoms with Crippen LogP contribution in [0.2, 0.25) is 0 Å². The van der Waals surface area contributed by atoms with Crippen molar-refractivity contribution in [3.63, 3.8) is 0 Å². The standard InChI is InChI=1S/C21H23FN2O2/c22-18-6-8-19(9-7-18)24-15-21(12-20(24)25)14-23(10-11-26-16-21)13-17-4-2-1-3-5-17/h1-9H,10-16H2/t21-/m0/s1. The van der Waals surface area contributed by atoms with Crippen LogP contribution in [0.15, 0.2) is 54.6 Å². The van der Waals surface area contributed by atoms with Crippen molar-refractivity contribution >= 4 is 11.6 Å². The third kappa shape index (κ3) is 3.64. The lowest BCUT2D eigenvalue weighted by molar-refractivity contribution is -0.118. The number of anilines is 1. The molecule has 136 valence electrons. The highest BCUT2D eigenvalue weighted by Gasteiger charge is 2.45. The van der Waals surface area contributed by atoms with Gasteiger partial charge in [0, 0.05) is 43.7 Å². The van der Waals surface area contributed by atoms with Gasteiger partial charge >= 0.3 is 0 Å². The highest BCUT2D eigenvalue weighted by molar-refractivity contribution is 5.96. The molecule has 1 atom stereocenters. The van der Waals surface area contributed by atoms with Crippen molar-refractivity contribution < 1.29 is 13.9 Å². The highest BCUT2D eigenvalue weighted by Crippen LogP contribution is 2.37. The second kappa shape index (κ2) is 7.17. The Bertz CT molecular complexity index is 765. The zero-order chi connectivity index (χ0) is 18.0. The minimum atomic E-state index is -0.290. The predicted molar refractivity (Wildman–Crippen MR) is 98.3 cm³/mol. The Kier molecular flexibility index (Phi) is 4.74. The van der Waals surface area contributed by atoms with Crippen molar-refractivity contribution in [3.05, 3.63) is 66.0 Å². The van der Waals surface area contributed by atoms with E-state index in [0.29, 0.717) is 26.2 Å². The molecule has 2 heterocycles. The van der Waals surface area contributed by atoms with Crippen molar-refractivity contribution in [1.82, 2.24) is 4.90 Å². The minimum Gasteiger partial charge on any atom is -0.379 e. The van der Waals surface area contributed by atoms with Crippen LogP contribution in [0.4, 0.5) is 10.1 Å². The van der Waals surface area contributed by atoms with E-state index in [9.17, 15) is 9.18 Å². The molecule has 26 heavy (non-hydrogen) atoms. The Balaban J connectivity index is 1.51. The summed E-state index contributed by atoms with van der Waals surface area (Å²) < 4.78 is 19.1. The molecule has 0 aromatic heterocycles. The molecule has 2 aliphatic heterocycles. The molecule has 0 unspecified atom stereocenters. The first kappa shape index (κ1) is 17.2. The van der Waals surface area contributed by atoms with Gasteiger partial charge < -0.3 is 9.64 Å². The Morgan fingerprint density at radius 2 is 1.81 bits per heavy atom. The number of halogens is 1. The number of hydrogen-bond acceptors (Lipinski definition) is 3. The maximum atomic E-state index is 13.2.